The van der Waals surface area contributed by atoms with E-state index in [1.165, 1.54) is 23.6 Å². The Kier molecular flexibility index (Phi) is 3.56. The van der Waals surface area contributed by atoms with Gasteiger partial charge in [-0.2, -0.15) is 0 Å². The van der Waals surface area contributed by atoms with E-state index in [1.54, 1.807) is 5.56 Å². The van der Waals surface area contributed by atoms with Crippen LogP contribution in [0.1, 0.15) is 38.2 Å². The van der Waals surface area contributed by atoms with Gasteiger partial charge in [-0.3, -0.25) is 0 Å². The van der Waals surface area contributed by atoms with Gasteiger partial charge >= 0.3 is 0 Å². The fraction of sp³-hybridized carbons (Fsp3) is 0.444. The van der Waals surface area contributed by atoms with Gasteiger partial charge in [-0.15, -0.1) is 0 Å². The third-order valence-corrected chi connectivity index (χ3v) is 4.70. The van der Waals surface area contributed by atoms with Crippen molar-refractivity contribution in [2.24, 2.45) is 5.92 Å². The van der Waals surface area contributed by atoms with Gasteiger partial charge in [0.2, 0.25) is 0 Å². The Morgan fingerprint density at radius 1 is 1.05 bits per heavy atom. The highest BCUT2D eigenvalue weighted by atomic mass is 14.9. The van der Waals surface area contributed by atoms with Crippen molar-refractivity contribution < 1.29 is 0 Å². The molecule has 0 aliphatic heterocycles. The topological polar surface area (TPSA) is 12.0 Å². The van der Waals surface area contributed by atoms with Gasteiger partial charge in [-0.05, 0) is 41.1 Å². The molecule has 0 heterocycles. The van der Waals surface area contributed by atoms with Crippen LogP contribution in [0.5, 0.6) is 0 Å². The summed E-state index contributed by atoms with van der Waals surface area (Å²) in [5.74, 6) is 1.53. The summed E-state index contributed by atoms with van der Waals surface area (Å²) >= 11 is 0. The van der Waals surface area contributed by atoms with E-state index in [9.17, 15) is 0 Å². The van der Waals surface area contributed by atoms with Crippen LogP contribution in [0.2, 0.25) is 0 Å². The second-order valence-electron chi connectivity index (χ2n) is 5.65. The van der Waals surface area contributed by atoms with E-state index in [-0.39, 0.29) is 0 Å². The monoisotopic (exact) mass is 253 g/mol. The molecule has 0 saturated heterocycles. The van der Waals surface area contributed by atoms with Crippen LogP contribution in [0.4, 0.5) is 0 Å². The van der Waals surface area contributed by atoms with Crippen LogP contribution in [-0.4, -0.2) is 12.6 Å². The first-order valence-electron chi connectivity index (χ1n) is 7.56. The molecule has 3 atom stereocenters. The Morgan fingerprint density at radius 3 is 2.63 bits per heavy atom. The molecule has 1 aliphatic carbocycles. The highest BCUT2D eigenvalue weighted by Gasteiger charge is 2.40. The lowest BCUT2D eigenvalue weighted by atomic mass is 9.64. The Bertz CT molecular complexity index is 555. The molecule has 1 nitrogen and oxygen atoms in total. The lowest BCUT2D eigenvalue weighted by Gasteiger charge is -2.45. The van der Waals surface area contributed by atoms with Crippen LogP contribution < -0.4 is 5.32 Å². The Balaban J connectivity index is 1.93. The van der Waals surface area contributed by atoms with Crippen LogP contribution in [0.25, 0.3) is 10.8 Å². The van der Waals surface area contributed by atoms with Crippen LogP contribution in [0.3, 0.4) is 0 Å². The predicted molar refractivity (Wildman–Crippen MR) is 82.6 cm³/mol. The molecule has 19 heavy (non-hydrogen) atoms. The van der Waals surface area contributed by atoms with E-state index < -0.39 is 0 Å². The van der Waals surface area contributed by atoms with Gasteiger partial charge < -0.3 is 5.32 Å². The first-order valence-corrected chi connectivity index (χ1v) is 7.56. The van der Waals surface area contributed by atoms with Crippen molar-refractivity contribution in [2.45, 2.75) is 38.6 Å². The third kappa shape index (κ3) is 2.17. The number of fused-ring (bicyclic) bond motifs is 1. The molecular weight excluding hydrogens is 230 g/mol. The maximum Gasteiger partial charge on any atom is 0.0107 e. The zero-order valence-electron chi connectivity index (χ0n) is 11.9. The molecule has 2 aromatic rings. The highest BCUT2D eigenvalue weighted by Crippen LogP contribution is 2.46. The van der Waals surface area contributed by atoms with E-state index in [0.717, 1.165) is 24.4 Å². The Hall–Kier alpha value is -1.34. The molecular formula is C18H23N. The van der Waals surface area contributed by atoms with E-state index in [1.807, 2.05) is 0 Å². The molecule has 3 unspecified atom stereocenters. The number of hydrogen-bond acceptors (Lipinski definition) is 1. The van der Waals surface area contributed by atoms with Gasteiger partial charge in [0.05, 0.1) is 0 Å². The number of rotatable bonds is 4. The second-order valence-corrected chi connectivity index (χ2v) is 5.65. The van der Waals surface area contributed by atoms with Gasteiger partial charge in [0.15, 0.2) is 0 Å². The lowest BCUT2D eigenvalue weighted by Crippen LogP contribution is -2.48. The van der Waals surface area contributed by atoms with Gasteiger partial charge in [-0.1, -0.05) is 62.7 Å². The Labute approximate surface area is 116 Å². The average Bonchev–Trinajstić information content (AvgIpc) is 2.43. The first-order chi connectivity index (χ1) is 9.35. The van der Waals surface area contributed by atoms with Crippen LogP contribution in [0, 0.1) is 5.92 Å². The summed E-state index contributed by atoms with van der Waals surface area (Å²) in [5.41, 5.74) is 1.55. The van der Waals surface area contributed by atoms with E-state index >= 15 is 0 Å². The summed E-state index contributed by atoms with van der Waals surface area (Å²) < 4.78 is 0. The van der Waals surface area contributed by atoms with Crippen LogP contribution >= 0.6 is 0 Å². The van der Waals surface area contributed by atoms with E-state index in [0.29, 0.717) is 0 Å². The van der Waals surface area contributed by atoms with Crippen LogP contribution in [0.15, 0.2) is 42.5 Å². The summed E-state index contributed by atoms with van der Waals surface area (Å²) in [7, 11) is 0. The number of hydrogen-bond donors (Lipinski definition) is 1. The Morgan fingerprint density at radius 2 is 1.84 bits per heavy atom. The fourth-order valence-corrected chi connectivity index (χ4v) is 3.71. The molecule has 100 valence electrons. The average molecular weight is 253 g/mol. The smallest absolute Gasteiger partial charge is 0.0107 e. The molecule has 1 aliphatic rings. The maximum absolute atomic E-state index is 3.63. The van der Waals surface area contributed by atoms with Crippen molar-refractivity contribution >= 4 is 10.8 Å². The van der Waals surface area contributed by atoms with Crippen molar-refractivity contribution in [1.82, 2.24) is 5.32 Å². The van der Waals surface area contributed by atoms with Gasteiger partial charge in [0.25, 0.3) is 0 Å². The molecule has 1 saturated carbocycles. The summed E-state index contributed by atoms with van der Waals surface area (Å²) in [4.78, 5) is 0. The normalized spacial score (nSPS) is 26.3. The summed E-state index contributed by atoms with van der Waals surface area (Å²) in [6, 6.07) is 16.3. The molecule has 1 heteroatoms. The standard InChI is InChI=1S/C18H23N/c1-3-14-17(12-18(14)19-4-2)16-11-7-9-13-8-5-6-10-15(13)16/h5-11,14,17-19H,3-4,12H2,1-2H3. The highest BCUT2D eigenvalue weighted by molar-refractivity contribution is 5.86. The zero-order chi connectivity index (χ0) is 13.2. The number of benzene rings is 2. The molecule has 0 radical (unpaired) electrons. The molecule has 1 fully saturated rings. The molecule has 0 aromatic heterocycles. The number of nitrogens with one attached hydrogen (secondary N) is 1. The van der Waals surface area contributed by atoms with Crippen molar-refractivity contribution in [1.29, 1.82) is 0 Å². The molecule has 3 rings (SSSR count). The van der Waals surface area contributed by atoms with Crippen molar-refractivity contribution in [3.8, 4) is 0 Å². The lowest BCUT2D eigenvalue weighted by molar-refractivity contribution is 0.164. The predicted octanol–water partition coefficient (Wildman–Crippen LogP) is 4.33. The van der Waals surface area contributed by atoms with Gasteiger partial charge in [-0.25, -0.2) is 0 Å². The van der Waals surface area contributed by atoms with Gasteiger partial charge in [0, 0.05) is 6.04 Å². The van der Waals surface area contributed by atoms with Gasteiger partial charge in [0.1, 0.15) is 0 Å². The van der Waals surface area contributed by atoms with Crippen LogP contribution in [-0.2, 0) is 0 Å². The van der Waals surface area contributed by atoms with Crippen molar-refractivity contribution in [3.05, 3.63) is 48.0 Å². The minimum atomic E-state index is 0.721. The summed E-state index contributed by atoms with van der Waals surface area (Å²) in [5, 5.41) is 6.45. The maximum atomic E-state index is 3.63. The second kappa shape index (κ2) is 5.34. The summed E-state index contributed by atoms with van der Waals surface area (Å²) in [6.07, 6.45) is 2.56. The molecule has 1 N–H and O–H groups in total. The molecule has 0 bridgehead atoms. The van der Waals surface area contributed by atoms with Crippen molar-refractivity contribution in [3.63, 3.8) is 0 Å². The van der Waals surface area contributed by atoms with Crippen molar-refractivity contribution in [2.75, 3.05) is 6.54 Å². The quantitative estimate of drug-likeness (QED) is 0.855. The third-order valence-electron chi connectivity index (χ3n) is 4.70. The summed E-state index contributed by atoms with van der Waals surface area (Å²) in [6.45, 7) is 5.62. The SMILES string of the molecule is CCNC1CC(c2cccc3ccccc23)C1CC. The first kappa shape index (κ1) is 12.7. The molecule has 2 aromatic carbocycles. The van der Waals surface area contributed by atoms with E-state index in [4.69, 9.17) is 0 Å². The fourth-order valence-electron chi connectivity index (χ4n) is 3.71. The molecule has 0 spiro atoms. The molecule has 0 amide bonds. The zero-order valence-corrected chi connectivity index (χ0v) is 11.9. The van der Waals surface area contributed by atoms with E-state index in [2.05, 4.69) is 61.6 Å². The minimum Gasteiger partial charge on any atom is -0.314 e. The minimum absolute atomic E-state index is 0.721. The largest absolute Gasteiger partial charge is 0.314 e.